The lowest BCUT2D eigenvalue weighted by atomic mass is 9.86. The molecule has 2 heterocycles. The van der Waals surface area contributed by atoms with Crippen molar-refractivity contribution in [2.45, 2.75) is 25.7 Å². The summed E-state index contributed by atoms with van der Waals surface area (Å²) in [6, 6.07) is 20.7. The maximum Gasteiger partial charge on any atom is 0.265 e. The van der Waals surface area contributed by atoms with Crippen LogP contribution >= 0.6 is 22.9 Å². The van der Waals surface area contributed by atoms with E-state index in [-0.39, 0.29) is 11.7 Å². The summed E-state index contributed by atoms with van der Waals surface area (Å²) in [5.41, 5.74) is 2.15. The van der Waals surface area contributed by atoms with E-state index in [0.29, 0.717) is 27.1 Å². The molecule has 2 N–H and O–H groups in total. The van der Waals surface area contributed by atoms with Gasteiger partial charge in [-0.1, -0.05) is 31.5 Å². The maximum atomic E-state index is 13.2. The summed E-state index contributed by atoms with van der Waals surface area (Å²) in [4.78, 5) is 16.1. The minimum atomic E-state index is -1.89. The van der Waals surface area contributed by atoms with Crippen molar-refractivity contribution in [1.82, 2.24) is 0 Å². The minimum absolute atomic E-state index is 0.143. The van der Waals surface area contributed by atoms with E-state index >= 15 is 0 Å². The maximum absolute atomic E-state index is 13.2. The summed E-state index contributed by atoms with van der Waals surface area (Å²) in [5, 5.41) is 4.61. The molecule has 3 aromatic carbocycles. The molecule has 0 aliphatic carbocycles. The number of carbonyl (C=O) groups excluding carboxylic acids is 1. The highest BCUT2D eigenvalue weighted by molar-refractivity contribution is 7.79. The van der Waals surface area contributed by atoms with E-state index < -0.39 is 16.5 Å². The molecule has 1 amide bonds. The van der Waals surface area contributed by atoms with Gasteiger partial charge in [0.15, 0.2) is 11.1 Å². The van der Waals surface area contributed by atoms with Gasteiger partial charge < -0.3 is 19.5 Å². The molecule has 1 saturated heterocycles. The Kier molecular flexibility index (Phi) is 7.27. The van der Waals surface area contributed by atoms with Crippen LogP contribution in [0.15, 0.2) is 66.7 Å². The Morgan fingerprint density at radius 2 is 1.84 bits per heavy atom. The van der Waals surface area contributed by atoms with Crippen molar-refractivity contribution in [2.24, 2.45) is 0 Å². The molecule has 0 saturated carbocycles. The van der Waals surface area contributed by atoms with Gasteiger partial charge in [0.25, 0.3) is 5.91 Å². The van der Waals surface area contributed by atoms with Crippen molar-refractivity contribution in [2.75, 3.05) is 29.1 Å². The second kappa shape index (κ2) is 10.5. The fraction of sp³-hybridized carbons (Fsp3) is 0.250. The first-order chi connectivity index (χ1) is 17.7. The molecular formula is C28H27ClN2O4S2. The van der Waals surface area contributed by atoms with Crippen LogP contribution in [0.25, 0.3) is 10.1 Å². The van der Waals surface area contributed by atoms with E-state index in [1.165, 1.54) is 11.3 Å². The zero-order valence-electron chi connectivity index (χ0n) is 20.5. The Bertz CT molecular complexity index is 1480. The van der Waals surface area contributed by atoms with Crippen LogP contribution in [0, 0.1) is 0 Å². The van der Waals surface area contributed by atoms with Crippen LogP contribution in [-0.2, 0) is 16.5 Å². The number of nitrogens with one attached hydrogen (secondary N) is 1. The normalized spacial score (nSPS) is 14.3. The molecular weight excluding hydrogens is 528 g/mol. The van der Waals surface area contributed by atoms with Crippen molar-refractivity contribution >= 4 is 61.4 Å². The number of thiophene rings is 1. The highest BCUT2D eigenvalue weighted by Crippen LogP contribution is 2.35. The van der Waals surface area contributed by atoms with Gasteiger partial charge in [-0.2, -0.15) is 0 Å². The van der Waals surface area contributed by atoms with Crippen LogP contribution in [-0.4, -0.2) is 33.5 Å². The zero-order valence-corrected chi connectivity index (χ0v) is 22.9. The van der Waals surface area contributed by atoms with Crippen LogP contribution < -0.4 is 15.0 Å². The number of ether oxygens (including phenoxy) is 1. The molecule has 37 heavy (non-hydrogen) atoms. The number of carbonyl (C=O) groups is 1. The van der Waals surface area contributed by atoms with Gasteiger partial charge >= 0.3 is 0 Å². The van der Waals surface area contributed by atoms with Gasteiger partial charge in [0.2, 0.25) is 0 Å². The monoisotopic (exact) mass is 554 g/mol. The summed E-state index contributed by atoms with van der Waals surface area (Å²) in [6.45, 7) is 5.82. The van der Waals surface area contributed by atoms with Crippen molar-refractivity contribution in [3.8, 4) is 11.5 Å². The highest BCUT2D eigenvalue weighted by atomic mass is 35.5. The molecule has 9 heteroatoms. The molecule has 4 aromatic rings. The number of hydrogen-bond acceptors (Lipinski definition) is 5. The molecule has 1 aromatic heterocycles. The van der Waals surface area contributed by atoms with E-state index in [9.17, 15) is 13.6 Å². The summed E-state index contributed by atoms with van der Waals surface area (Å²) in [5.74, 6) is 1.24. The molecule has 1 atom stereocenters. The van der Waals surface area contributed by atoms with Gasteiger partial charge in [-0.05, 0) is 65.9 Å². The number of rotatable bonds is 8. The zero-order chi connectivity index (χ0) is 26.2. The van der Waals surface area contributed by atoms with Gasteiger partial charge in [0.1, 0.15) is 11.5 Å². The Hall–Kier alpha value is -2.91. The average molecular weight is 555 g/mol. The van der Waals surface area contributed by atoms with Crippen molar-refractivity contribution in [3.05, 3.63) is 82.2 Å². The number of fused-ring (bicyclic) bond motifs is 1. The van der Waals surface area contributed by atoms with Crippen LogP contribution in [0.2, 0.25) is 5.02 Å². The quantitative estimate of drug-likeness (QED) is 0.223. The average Bonchev–Trinajstić information content (AvgIpc) is 3.22. The number of benzene rings is 3. The SMILES string of the molecule is CC(C)(CS(=O)O)c1ccc2sc(C(=O)Nc3cc(Oc4ccc(Cl)cc4)cc(N4CCC4)c3)cc2c1. The number of anilines is 2. The first-order valence-electron chi connectivity index (χ1n) is 11.9. The fourth-order valence-electron chi connectivity index (χ4n) is 4.27. The molecule has 192 valence electrons. The lowest BCUT2D eigenvalue weighted by Crippen LogP contribution is -2.37. The standard InChI is InChI=1S/C28H27ClN2O4S2/c1-28(2,17-37(33)34)19-4-9-25-18(12-19)13-26(36-25)27(32)30-21-14-22(31-10-3-11-31)16-24(15-21)35-23-7-5-20(29)6-8-23/h4-9,12-16H,3,10-11,17H2,1-2H3,(H,30,32)(H,33,34). The highest BCUT2D eigenvalue weighted by Gasteiger charge is 2.24. The molecule has 0 radical (unpaired) electrons. The Balaban J connectivity index is 1.39. The third-order valence-electron chi connectivity index (χ3n) is 6.43. The van der Waals surface area contributed by atoms with Gasteiger partial charge in [-0.15, -0.1) is 11.3 Å². The fourth-order valence-corrected chi connectivity index (χ4v) is 6.12. The van der Waals surface area contributed by atoms with Gasteiger partial charge in [-0.3, -0.25) is 4.79 Å². The molecule has 0 bridgehead atoms. The number of hydrogen-bond donors (Lipinski definition) is 2. The molecule has 0 spiro atoms. The molecule has 1 unspecified atom stereocenters. The summed E-state index contributed by atoms with van der Waals surface area (Å²) in [7, 11) is 0. The topological polar surface area (TPSA) is 78.9 Å². The van der Waals surface area contributed by atoms with Crippen molar-refractivity contribution in [3.63, 3.8) is 0 Å². The number of amides is 1. The second-order valence-electron chi connectivity index (χ2n) is 9.78. The third-order valence-corrected chi connectivity index (χ3v) is 8.76. The van der Waals surface area contributed by atoms with E-state index in [4.69, 9.17) is 16.3 Å². The number of halogens is 1. The molecule has 1 aliphatic rings. The molecule has 6 nitrogen and oxygen atoms in total. The smallest absolute Gasteiger partial charge is 0.265 e. The largest absolute Gasteiger partial charge is 0.457 e. The lowest BCUT2D eigenvalue weighted by Gasteiger charge is -2.33. The summed E-state index contributed by atoms with van der Waals surface area (Å²) < 4.78 is 27.8. The van der Waals surface area contributed by atoms with Gasteiger partial charge in [0.05, 0.1) is 10.6 Å². The van der Waals surface area contributed by atoms with Crippen LogP contribution in [0.4, 0.5) is 11.4 Å². The van der Waals surface area contributed by atoms with E-state index in [1.54, 1.807) is 12.1 Å². The van der Waals surface area contributed by atoms with Gasteiger partial charge in [-0.25, -0.2) is 4.21 Å². The van der Waals surface area contributed by atoms with Crippen molar-refractivity contribution < 1.29 is 18.3 Å². The minimum Gasteiger partial charge on any atom is -0.457 e. The van der Waals surface area contributed by atoms with E-state index in [1.807, 2.05) is 68.4 Å². The Morgan fingerprint density at radius 1 is 1.08 bits per heavy atom. The summed E-state index contributed by atoms with van der Waals surface area (Å²) >= 11 is 5.52. The van der Waals surface area contributed by atoms with Gasteiger partial charge in [0, 0.05) is 51.7 Å². The Labute approximate surface area is 227 Å². The predicted molar refractivity (Wildman–Crippen MR) is 153 cm³/mol. The molecule has 1 aliphatic heterocycles. The first-order valence-corrected chi connectivity index (χ1v) is 14.4. The van der Waals surface area contributed by atoms with E-state index in [2.05, 4.69) is 10.2 Å². The Morgan fingerprint density at radius 3 is 2.51 bits per heavy atom. The van der Waals surface area contributed by atoms with Crippen LogP contribution in [0.3, 0.4) is 0 Å². The van der Waals surface area contributed by atoms with E-state index in [0.717, 1.165) is 40.8 Å². The predicted octanol–water partition coefficient (Wildman–Crippen LogP) is 7.31. The third kappa shape index (κ3) is 5.99. The second-order valence-corrected chi connectivity index (χ2v) is 12.2. The number of nitrogens with zero attached hydrogens (tertiary/aromatic N) is 1. The molecule has 1 fully saturated rings. The van der Waals surface area contributed by atoms with Crippen LogP contribution in [0.1, 0.15) is 35.5 Å². The van der Waals surface area contributed by atoms with Crippen molar-refractivity contribution in [1.29, 1.82) is 0 Å². The lowest BCUT2D eigenvalue weighted by molar-refractivity contribution is 0.103. The first kappa shape index (κ1) is 25.7. The van der Waals surface area contributed by atoms with Crippen LogP contribution in [0.5, 0.6) is 11.5 Å². The summed E-state index contributed by atoms with van der Waals surface area (Å²) in [6.07, 6.45) is 1.14. The molecule has 5 rings (SSSR count).